The van der Waals surface area contributed by atoms with Gasteiger partial charge in [0, 0.05) is 81.6 Å². The molecule has 12 heteroatoms. The van der Waals surface area contributed by atoms with Gasteiger partial charge >= 0.3 is 20.2 Å². The molecule has 54 heavy (non-hydrogen) atoms. The lowest BCUT2D eigenvalue weighted by molar-refractivity contribution is 0.460. The predicted molar refractivity (Wildman–Crippen MR) is 207 cm³/mol. The summed E-state index contributed by atoms with van der Waals surface area (Å²) in [6.07, 6.45) is 0.0390. The number of hydrogen-bond acceptors (Lipinski definition) is 10. The number of nitrogen functional groups attached to an aromatic ring is 2. The van der Waals surface area contributed by atoms with Crippen LogP contribution in [0.5, 0.6) is 23.0 Å². The Balaban J connectivity index is 1.42. The molecule has 6 aromatic rings. The largest absolute Gasteiger partial charge is 0.507 e. The zero-order chi connectivity index (χ0) is 38.4. The monoisotopic (exact) mass is 762 g/mol. The molecule has 0 heterocycles. The zero-order valence-electron chi connectivity index (χ0n) is 29.5. The molecule has 6 N–H and O–H groups in total. The molecular formula is C42H38N2O8S2. The second-order valence-electron chi connectivity index (χ2n) is 13.6. The molecule has 0 spiro atoms. The minimum atomic E-state index is -4.33. The lowest BCUT2D eigenvalue weighted by atomic mass is 9.91. The van der Waals surface area contributed by atoms with Crippen LogP contribution in [0.2, 0.25) is 0 Å². The summed E-state index contributed by atoms with van der Waals surface area (Å²) in [5.41, 5.74) is 18.5. The van der Waals surface area contributed by atoms with E-state index in [1.807, 2.05) is 13.8 Å². The first-order valence-corrected chi connectivity index (χ1v) is 19.9. The Morgan fingerprint density at radius 1 is 0.463 bits per heavy atom. The summed E-state index contributed by atoms with van der Waals surface area (Å²) in [5.74, 6) is -0.136. The number of benzene rings is 6. The third-order valence-electron chi connectivity index (χ3n) is 9.47. The van der Waals surface area contributed by atoms with Gasteiger partial charge in [-0.2, -0.15) is 16.8 Å². The van der Waals surface area contributed by atoms with Crippen LogP contribution in [0.4, 0.5) is 11.4 Å². The summed E-state index contributed by atoms with van der Waals surface area (Å²) in [7, 11) is -8.66. The highest BCUT2D eigenvalue weighted by Crippen LogP contribution is 2.40. The summed E-state index contributed by atoms with van der Waals surface area (Å²) in [6, 6.07) is 29.3. The van der Waals surface area contributed by atoms with Gasteiger partial charge in [-0.1, -0.05) is 71.8 Å². The van der Waals surface area contributed by atoms with Crippen LogP contribution in [0, 0.1) is 13.8 Å². The van der Waals surface area contributed by atoms with Crippen molar-refractivity contribution in [3.8, 4) is 23.0 Å². The highest BCUT2D eigenvalue weighted by Gasteiger charge is 2.26. The van der Waals surface area contributed by atoms with Crippen molar-refractivity contribution in [1.29, 1.82) is 0 Å². The molecule has 0 unspecified atom stereocenters. The van der Waals surface area contributed by atoms with E-state index in [0.29, 0.717) is 55.9 Å². The van der Waals surface area contributed by atoms with Gasteiger partial charge in [0.15, 0.2) is 0 Å². The molecule has 0 saturated carbocycles. The summed E-state index contributed by atoms with van der Waals surface area (Å²) >= 11 is 0. The van der Waals surface area contributed by atoms with Crippen LogP contribution in [0.1, 0.15) is 55.6 Å². The molecule has 10 nitrogen and oxygen atoms in total. The topological polar surface area (TPSA) is 179 Å². The van der Waals surface area contributed by atoms with Crippen LogP contribution >= 0.6 is 0 Å². The number of para-hydroxylation sites is 2. The van der Waals surface area contributed by atoms with Gasteiger partial charge in [-0.05, 0) is 62.4 Å². The van der Waals surface area contributed by atoms with Crippen LogP contribution < -0.4 is 19.8 Å². The van der Waals surface area contributed by atoms with Gasteiger partial charge in [0.2, 0.25) is 0 Å². The van der Waals surface area contributed by atoms with Gasteiger partial charge in [0.1, 0.15) is 32.8 Å². The Morgan fingerprint density at radius 3 is 1.02 bits per heavy atom. The SMILES string of the molecule is Cc1ccc(S(=O)(=O)Oc2c3cccc2Cc2cc(N)cc(c2O)Cc2cccc(c2OS(=O)(=O)c2ccc(C)cc2)Cc2cc(N)cc(c2O)C3)cc1. The fraction of sp³-hybridized carbons (Fsp3) is 0.143. The molecule has 276 valence electrons. The molecule has 0 aromatic heterocycles. The Labute approximate surface area is 314 Å². The average Bonchev–Trinajstić information content (AvgIpc) is 3.11. The van der Waals surface area contributed by atoms with Crippen molar-refractivity contribution in [3.63, 3.8) is 0 Å². The van der Waals surface area contributed by atoms with Crippen molar-refractivity contribution in [2.45, 2.75) is 49.3 Å². The van der Waals surface area contributed by atoms with Gasteiger partial charge in [-0.15, -0.1) is 0 Å². The van der Waals surface area contributed by atoms with Crippen molar-refractivity contribution < 1.29 is 35.4 Å². The summed E-state index contributed by atoms with van der Waals surface area (Å²) < 4.78 is 66.8. The lowest BCUT2D eigenvalue weighted by Crippen LogP contribution is -2.14. The number of phenols is 2. The Morgan fingerprint density at radius 2 is 0.741 bits per heavy atom. The molecule has 0 radical (unpaired) electrons. The first-order chi connectivity index (χ1) is 25.7. The van der Waals surface area contributed by atoms with Crippen molar-refractivity contribution in [2.24, 2.45) is 0 Å². The molecule has 8 bridgehead atoms. The number of hydrogen-bond donors (Lipinski definition) is 4. The smallest absolute Gasteiger partial charge is 0.339 e. The maximum Gasteiger partial charge on any atom is 0.339 e. The van der Waals surface area contributed by atoms with Crippen molar-refractivity contribution in [1.82, 2.24) is 0 Å². The number of rotatable bonds is 6. The third-order valence-corrected chi connectivity index (χ3v) is 11.9. The Hall–Kier alpha value is -5.98. The number of nitrogens with two attached hydrogens (primary N) is 2. The standard InChI is InChI=1S/C42H38N2O8S2/c1-25-9-13-37(14-10-25)53(47,48)51-41-27-5-3-6-28(41)18-32-22-36(44)24-34(40(32)46)20-30-8-4-7-29(19-33-23-35(43)21-31(17-27)39(33)45)42(30)52-54(49,50)38-15-11-26(2)12-16-38/h3-16,21-24,45-46H,17-20,43-44H2,1-2H3. The molecule has 0 fully saturated rings. The highest BCUT2D eigenvalue weighted by atomic mass is 32.2. The molecule has 6 aromatic carbocycles. The number of anilines is 2. The van der Waals surface area contributed by atoms with E-state index >= 15 is 0 Å². The highest BCUT2D eigenvalue weighted by molar-refractivity contribution is 7.87. The molecule has 0 saturated heterocycles. The van der Waals surface area contributed by atoms with Crippen LogP contribution in [0.3, 0.4) is 0 Å². The van der Waals surface area contributed by atoms with E-state index in [9.17, 15) is 27.0 Å². The predicted octanol–water partition coefficient (Wildman–Crippen LogP) is 7.09. The Kier molecular flexibility index (Phi) is 9.50. The van der Waals surface area contributed by atoms with Crippen molar-refractivity contribution in [2.75, 3.05) is 11.5 Å². The molecule has 0 aliphatic heterocycles. The van der Waals surface area contributed by atoms with Crippen molar-refractivity contribution in [3.05, 3.63) is 165 Å². The molecule has 1 aliphatic carbocycles. The quantitative estimate of drug-likeness (QED) is 0.0777. The summed E-state index contributed by atoms with van der Waals surface area (Å²) in [5, 5.41) is 23.5. The number of aromatic hydroxyl groups is 2. The van der Waals surface area contributed by atoms with Crippen LogP contribution in [0.25, 0.3) is 0 Å². The van der Waals surface area contributed by atoms with E-state index in [-0.39, 0.29) is 58.5 Å². The minimum Gasteiger partial charge on any atom is -0.507 e. The van der Waals surface area contributed by atoms with E-state index in [0.717, 1.165) is 11.1 Å². The van der Waals surface area contributed by atoms with Crippen molar-refractivity contribution >= 4 is 31.6 Å². The molecule has 0 atom stereocenters. The van der Waals surface area contributed by atoms with Crippen LogP contribution in [-0.2, 0) is 45.9 Å². The number of aryl methyl sites for hydroxylation is 2. The van der Waals surface area contributed by atoms with E-state index in [2.05, 4.69) is 0 Å². The second kappa shape index (κ2) is 14.1. The summed E-state index contributed by atoms with van der Waals surface area (Å²) in [4.78, 5) is -0.0783. The first-order valence-electron chi connectivity index (χ1n) is 17.1. The maximum atomic E-state index is 13.7. The van der Waals surface area contributed by atoms with Gasteiger partial charge in [-0.25, -0.2) is 0 Å². The summed E-state index contributed by atoms with van der Waals surface area (Å²) in [6.45, 7) is 3.69. The number of fused-ring (bicyclic) bond motifs is 8. The average molecular weight is 763 g/mol. The number of phenolic OH excluding ortho intramolecular Hbond substituents is 2. The van der Waals surface area contributed by atoms with Crippen LogP contribution in [-0.4, -0.2) is 27.0 Å². The molecule has 1 aliphatic rings. The zero-order valence-corrected chi connectivity index (χ0v) is 31.2. The molecule has 7 rings (SSSR count). The fourth-order valence-electron chi connectivity index (χ4n) is 6.71. The maximum absolute atomic E-state index is 13.7. The van der Waals surface area contributed by atoms with Gasteiger partial charge in [-0.3, -0.25) is 0 Å². The fourth-order valence-corrected chi connectivity index (χ4v) is 8.70. The lowest BCUT2D eigenvalue weighted by Gasteiger charge is -2.21. The van der Waals surface area contributed by atoms with E-state index in [1.54, 1.807) is 84.9 Å². The minimum absolute atomic E-state index is 0.00975. The Bertz CT molecular complexity index is 2360. The van der Waals surface area contributed by atoms with Gasteiger partial charge < -0.3 is 30.0 Å². The van der Waals surface area contributed by atoms with E-state index in [4.69, 9.17) is 19.8 Å². The van der Waals surface area contributed by atoms with E-state index < -0.39 is 20.2 Å². The van der Waals surface area contributed by atoms with Crippen LogP contribution in [0.15, 0.2) is 119 Å². The first kappa shape index (κ1) is 36.4. The van der Waals surface area contributed by atoms with Gasteiger partial charge in [0.25, 0.3) is 0 Å². The van der Waals surface area contributed by atoms with E-state index in [1.165, 1.54) is 24.3 Å². The third kappa shape index (κ3) is 7.43. The second-order valence-corrected chi connectivity index (χ2v) is 16.7. The normalized spacial score (nSPS) is 12.9. The molecule has 0 amide bonds. The van der Waals surface area contributed by atoms with Gasteiger partial charge in [0.05, 0.1) is 0 Å². The molecular weight excluding hydrogens is 725 g/mol.